The van der Waals surface area contributed by atoms with Gasteiger partial charge in [0.2, 0.25) is 0 Å². The highest BCUT2D eigenvalue weighted by Gasteiger charge is 2.17. The molecule has 0 atom stereocenters. The first-order valence-electron chi connectivity index (χ1n) is 9.05. The van der Waals surface area contributed by atoms with Crippen LogP contribution >= 0.6 is 23.4 Å². The van der Waals surface area contributed by atoms with Crippen LogP contribution in [0.25, 0.3) is 17.1 Å². The van der Waals surface area contributed by atoms with Crippen LogP contribution in [-0.2, 0) is 5.75 Å². The second-order valence-electron chi connectivity index (χ2n) is 6.50. The Hall–Kier alpha value is -3.07. The zero-order chi connectivity index (χ0) is 20.2. The maximum absolute atomic E-state index is 9.35. The summed E-state index contributed by atoms with van der Waals surface area (Å²) in [5, 5.41) is 19.7. The highest BCUT2D eigenvalue weighted by molar-refractivity contribution is 7.98. The van der Waals surface area contributed by atoms with Crippen LogP contribution in [0.5, 0.6) is 0 Å². The molecule has 0 radical (unpaired) electrons. The van der Waals surface area contributed by atoms with Crippen LogP contribution in [0.15, 0.2) is 78.0 Å². The minimum atomic E-state index is 0.621. The fraction of sp³-hybridized carbons (Fsp3) is 0.0870. The third kappa shape index (κ3) is 4.04. The van der Waals surface area contributed by atoms with Crippen molar-refractivity contribution >= 4 is 23.4 Å². The number of nitriles is 1. The predicted octanol–water partition coefficient (Wildman–Crippen LogP) is 6.06. The van der Waals surface area contributed by atoms with Gasteiger partial charge in [-0.2, -0.15) is 5.26 Å². The minimum absolute atomic E-state index is 0.621. The van der Waals surface area contributed by atoms with E-state index >= 15 is 0 Å². The zero-order valence-electron chi connectivity index (χ0n) is 15.7. The third-order valence-electron chi connectivity index (χ3n) is 4.57. The molecule has 0 saturated carbocycles. The van der Waals surface area contributed by atoms with E-state index in [-0.39, 0.29) is 0 Å². The SMILES string of the molecule is Cc1ccc(-n2c(SCc3ccccc3C#N)nnc2-c2ccccc2)cc1Cl. The van der Waals surface area contributed by atoms with E-state index in [1.54, 1.807) is 11.8 Å². The van der Waals surface area contributed by atoms with Gasteiger partial charge in [0.1, 0.15) is 0 Å². The lowest BCUT2D eigenvalue weighted by Gasteiger charge is -2.12. The first kappa shape index (κ1) is 19.3. The smallest absolute Gasteiger partial charge is 0.196 e. The van der Waals surface area contributed by atoms with Gasteiger partial charge in [-0.1, -0.05) is 78.0 Å². The van der Waals surface area contributed by atoms with Gasteiger partial charge >= 0.3 is 0 Å². The van der Waals surface area contributed by atoms with Gasteiger partial charge < -0.3 is 0 Å². The Morgan fingerprint density at radius 2 is 1.76 bits per heavy atom. The maximum atomic E-state index is 9.35. The molecular weight excluding hydrogens is 400 g/mol. The van der Waals surface area contributed by atoms with E-state index in [0.717, 1.165) is 33.4 Å². The third-order valence-corrected chi connectivity index (χ3v) is 5.96. The number of rotatable bonds is 5. The number of aryl methyl sites for hydroxylation is 1. The summed E-state index contributed by atoms with van der Waals surface area (Å²) in [6, 6.07) is 25.7. The molecule has 1 aromatic heterocycles. The quantitative estimate of drug-likeness (QED) is 0.371. The summed E-state index contributed by atoms with van der Waals surface area (Å²) < 4.78 is 2.01. The molecule has 0 aliphatic heterocycles. The van der Waals surface area contributed by atoms with Gasteiger partial charge in [-0.15, -0.1) is 10.2 Å². The molecule has 4 nitrogen and oxygen atoms in total. The number of halogens is 1. The molecule has 0 spiro atoms. The second kappa shape index (κ2) is 8.52. The number of thioether (sulfide) groups is 1. The Bertz CT molecular complexity index is 1200. The Morgan fingerprint density at radius 1 is 1.00 bits per heavy atom. The van der Waals surface area contributed by atoms with Crippen LogP contribution < -0.4 is 0 Å². The number of hydrogen-bond donors (Lipinski definition) is 0. The van der Waals surface area contributed by atoms with Crippen molar-refractivity contribution in [2.75, 3.05) is 0 Å². The molecule has 0 bridgehead atoms. The van der Waals surface area contributed by atoms with Gasteiger partial charge in [-0.05, 0) is 36.2 Å². The molecule has 0 N–H and O–H groups in total. The van der Waals surface area contributed by atoms with Crippen LogP contribution in [0.3, 0.4) is 0 Å². The topological polar surface area (TPSA) is 54.5 Å². The number of benzene rings is 3. The lowest BCUT2D eigenvalue weighted by atomic mass is 10.1. The fourth-order valence-electron chi connectivity index (χ4n) is 2.99. The predicted molar refractivity (Wildman–Crippen MR) is 117 cm³/mol. The average Bonchev–Trinajstić information content (AvgIpc) is 3.19. The van der Waals surface area contributed by atoms with E-state index in [1.807, 2.05) is 84.3 Å². The van der Waals surface area contributed by atoms with Crippen LogP contribution in [0.1, 0.15) is 16.7 Å². The normalized spacial score (nSPS) is 10.7. The van der Waals surface area contributed by atoms with Crippen molar-refractivity contribution in [1.82, 2.24) is 14.8 Å². The van der Waals surface area contributed by atoms with Crippen molar-refractivity contribution in [3.8, 4) is 23.1 Å². The molecular formula is C23H17ClN4S. The van der Waals surface area contributed by atoms with E-state index in [9.17, 15) is 5.26 Å². The van der Waals surface area contributed by atoms with E-state index in [2.05, 4.69) is 16.3 Å². The molecule has 1 heterocycles. The number of aromatic nitrogens is 3. The molecule has 142 valence electrons. The summed E-state index contributed by atoms with van der Waals surface area (Å²) in [7, 11) is 0. The van der Waals surface area contributed by atoms with Gasteiger partial charge in [0, 0.05) is 16.3 Å². The van der Waals surface area contributed by atoms with Gasteiger partial charge in [-0.25, -0.2) is 0 Å². The maximum Gasteiger partial charge on any atom is 0.196 e. The lowest BCUT2D eigenvalue weighted by molar-refractivity contribution is 0.885. The van der Waals surface area contributed by atoms with Crippen molar-refractivity contribution in [1.29, 1.82) is 5.26 Å². The molecule has 6 heteroatoms. The van der Waals surface area contributed by atoms with Crippen LogP contribution in [-0.4, -0.2) is 14.8 Å². The highest BCUT2D eigenvalue weighted by Crippen LogP contribution is 2.31. The molecule has 0 aliphatic carbocycles. The first-order chi connectivity index (χ1) is 14.2. The summed E-state index contributed by atoms with van der Waals surface area (Å²) >= 11 is 7.94. The van der Waals surface area contributed by atoms with E-state index in [0.29, 0.717) is 16.3 Å². The summed E-state index contributed by atoms with van der Waals surface area (Å²) in [4.78, 5) is 0. The van der Waals surface area contributed by atoms with Crippen molar-refractivity contribution < 1.29 is 0 Å². The monoisotopic (exact) mass is 416 g/mol. The highest BCUT2D eigenvalue weighted by atomic mass is 35.5. The Morgan fingerprint density at radius 3 is 2.52 bits per heavy atom. The van der Waals surface area contributed by atoms with Crippen LogP contribution in [0, 0.1) is 18.3 Å². The summed E-state index contributed by atoms with van der Waals surface area (Å²) in [6.07, 6.45) is 0. The molecule has 4 aromatic rings. The van der Waals surface area contributed by atoms with Crippen molar-refractivity contribution in [2.24, 2.45) is 0 Å². The Labute approximate surface area is 178 Å². The van der Waals surface area contributed by atoms with Gasteiger partial charge in [0.25, 0.3) is 0 Å². The molecule has 0 saturated heterocycles. The number of hydrogen-bond acceptors (Lipinski definition) is 4. The van der Waals surface area contributed by atoms with E-state index < -0.39 is 0 Å². The van der Waals surface area contributed by atoms with Gasteiger partial charge in [0.15, 0.2) is 11.0 Å². The molecule has 0 unspecified atom stereocenters. The van der Waals surface area contributed by atoms with E-state index in [4.69, 9.17) is 11.6 Å². The van der Waals surface area contributed by atoms with Crippen molar-refractivity contribution in [3.63, 3.8) is 0 Å². The first-order valence-corrected chi connectivity index (χ1v) is 10.4. The van der Waals surface area contributed by atoms with Gasteiger partial charge in [0.05, 0.1) is 17.3 Å². The Balaban J connectivity index is 1.77. The summed E-state index contributed by atoms with van der Waals surface area (Å²) in [5.74, 6) is 1.37. The van der Waals surface area contributed by atoms with Crippen molar-refractivity contribution in [3.05, 3.63) is 94.5 Å². The molecule has 4 rings (SSSR count). The van der Waals surface area contributed by atoms with Crippen LogP contribution in [0.4, 0.5) is 0 Å². The fourth-order valence-corrected chi connectivity index (χ4v) is 4.12. The van der Waals surface area contributed by atoms with Crippen molar-refractivity contribution in [2.45, 2.75) is 17.8 Å². The second-order valence-corrected chi connectivity index (χ2v) is 7.85. The Kier molecular flexibility index (Phi) is 5.66. The summed E-state index contributed by atoms with van der Waals surface area (Å²) in [5.41, 5.74) is 4.54. The largest absolute Gasteiger partial charge is 0.270 e. The summed E-state index contributed by atoms with van der Waals surface area (Å²) in [6.45, 7) is 1.98. The number of nitrogens with zero attached hydrogens (tertiary/aromatic N) is 4. The van der Waals surface area contributed by atoms with Crippen LogP contribution in [0.2, 0.25) is 5.02 Å². The van der Waals surface area contributed by atoms with E-state index in [1.165, 1.54) is 0 Å². The minimum Gasteiger partial charge on any atom is -0.270 e. The molecule has 3 aromatic carbocycles. The van der Waals surface area contributed by atoms with Gasteiger partial charge in [-0.3, -0.25) is 4.57 Å². The zero-order valence-corrected chi connectivity index (χ0v) is 17.3. The molecule has 0 amide bonds. The average molecular weight is 417 g/mol. The lowest BCUT2D eigenvalue weighted by Crippen LogP contribution is -2.00. The molecule has 29 heavy (non-hydrogen) atoms. The standard InChI is InChI=1S/C23H17ClN4S/c1-16-11-12-20(13-21(16)24)28-22(17-7-3-2-4-8-17)26-27-23(28)29-15-19-10-6-5-9-18(19)14-25/h2-13H,15H2,1H3. The molecule has 0 aliphatic rings. The molecule has 0 fully saturated rings.